The van der Waals surface area contributed by atoms with Gasteiger partial charge in [0, 0.05) is 23.0 Å². The number of β-lactam (4-membered cyclic amide) rings is 1. The van der Waals surface area contributed by atoms with Gasteiger partial charge in [0.05, 0.1) is 6.04 Å². The van der Waals surface area contributed by atoms with Gasteiger partial charge in [0.2, 0.25) is 0 Å². The minimum Gasteiger partial charge on any atom is -0.462 e. The fraction of sp³-hybridized carbons (Fsp3) is 0.268. The number of thiazole rings is 1. The zero-order valence-corrected chi connectivity index (χ0v) is 32.6. The van der Waals surface area contributed by atoms with E-state index in [-0.39, 0.29) is 23.7 Å². The van der Waals surface area contributed by atoms with Crippen molar-refractivity contribution in [3.63, 3.8) is 0 Å². The standard InChI is InChI=1S/C41H41N5O7S2/c1-26(47)52-23-15-22-32-35(38(50)53-40(2,3)4)46-31(25-54-32)34(37(46)49)43-36(48)33(45-51-5)30-24-55-39(42-30)44-41(27-16-9-6-10-17-27,28-18-11-7-12-19-28)29-20-13-8-14-21-29/h6-22,24,31,34H,23,25H2,1-5H3,(H,42,44)(H,43,48)/b22-15+,45-33-. The molecule has 1 fully saturated rings. The number of esters is 2. The van der Waals surface area contributed by atoms with Crippen LogP contribution in [0.15, 0.2) is 124 Å². The lowest BCUT2D eigenvalue weighted by atomic mass is 9.77. The number of carbonyl (C=O) groups excluding carboxylic acids is 4. The number of anilines is 1. The average molecular weight is 780 g/mol. The second-order valence-electron chi connectivity index (χ2n) is 13.6. The zero-order chi connectivity index (χ0) is 39.2. The number of thioether (sulfide) groups is 1. The first-order valence-electron chi connectivity index (χ1n) is 17.5. The summed E-state index contributed by atoms with van der Waals surface area (Å²) in [7, 11) is 1.33. The lowest BCUT2D eigenvalue weighted by molar-refractivity contribution is -0.160. The normalized spacial score (nSPS) is 17.3. The molecule has 2 aliphatic heterocycles. The summed E-state index contributed by atoms with van der Waals surface area (Å²) in [5, 5.41) is 12.8. The Morgan fingerprint density at radius 3 is 2.05 bits per heavy atom. The summed E-state index contributed by atoms with van der Waals surface area (Å²) >= 11 is 2.63. The molecule has 0 saturated carbocycles. The van der Waals surface area contributed by atoms with E-state index in [0.29, 0.717) is 15.8 Å². The van der Waals surface area contributed by atoms with Crippen molar-refractivity contribution in [2.45, 2.75) is 50.9 Å². The number of hydrogen-bond donors (Lipinski definition) is 2. The Morgan fingerprint density at radius 1 is 0.945 bits per heavy atom. The highest BCUT2D eigenvalue weighted by atomic mass is 32.2. The first-order valence-corrected chi connectivity index (χ1v) is 19.4. The summed E-state index contributed by atoms with van der Waals surface area (Å²) in [5.41, 5.74) is 1.44. The molecular weight excluding hydrogens is 739 g/mol. The number of nitrogens with zero attached hydrogens (tertiary/aromatic N) is 3. The molecule has 55 heavy (non-hydrogen) atoms. The van der Waals surface area contributed by atoms with Gasteiger partial charge < -0.3 is 24.9 Å². The van der Waals surface area contributed by atoms with Gasteiger partial charge in [-0.25, -0.2) is 9.78 Å². The molecule has 0 radical (unpaired) electrons. The number of oxime groups is 1. The number of rotatable bonds is 13. The summed E-state index contributed by atoms with van der Waals surface area (Å²) in [6.45, 7) is 6.50. The van der Waals surface area contributed by atoms with E-state index in [4.69, 9.17) is 19.3 Å². The van der Waals surface area contributed by atoms with Crippen LogP contribution in [0.2, 0.25) is 0 Å². The number of carbonyl (C=O) groups is 4. The van der Waals surface area contributed by atoms with Crippen LogP contribution in [0, 0.1) is 0 Å². The molecule has 4 aromatic rings. The van der Waals surface area contributed by atoms with Gasteiger partial charge in [0.1, 0.15) is 42.3 Å². The van der Waals surface area contributed by atoms with E-state index in [0.717, 1.165) is 16.7 Å². The van der Waals surface area contributed by atoms with Crippen LogP contribution in [-0.2, 0) is 39.0 Å². The molecule has 0 bridgehead atoms. The maximum Gasteiger partial charge on any atom is 0.356 e. The van der Waals surface area contributed by atoms with Crippen molar-refractivity contribution in [3.8, 4) is 0 Å². The van der Waals surface area contributed by atoms with E-state index in [9.17, 15) is 19.2 Å². The average Bonchev–Trinajstić information content (AvgIpc) is 3.64. The van der Waals surface area contributed by atoms with E-state index < -0.39 is 47.0 Å². The summed E-state index contributed by atoms with van der Waals surface area (Å²) in [6, 6.07) is 28.7. The molecule has 6 rings (SSSR count). The van der Waals surface area contributed by atoms with Gasteiger partial charge in [-0.15, -0.1) is 23.1 Å². The Morgan fingerprint density at radius 2 is 1.53 bits per heavy atom. The predicted molar refractivity (Wildman–Crippen MR) is 212 cm³/mol. The number of fused-ring (bicyclic) bond motifs is 1. The van der Waals surface area contributed by atoms with Gasteiger partial charge in [0.25, 0.3) is 11.8 Å². The number of amides is 2. The van der Waals surface area contributed by atoms with E-state index >= 15 is 0 Å². The smallest absolute Gasteiger partial charge is 0.356 e. The molecule has 14 heteroatoms. The van der Waals surface area contributed by atoms with Crippen molar-refractivity contribution in [2.75, 3.05) is 24.8 Å². The van der Waals surface area contributed by atoms with E-state index in [1.807, 2.05) is 54.6 Å². The molecule has 1 saturated heterocycles. The number of aromatic nitrogens is 1. The van der Waals surface area contributed by atoms with Gasteiger partial charge in [0.15, 0.2) is 10.8 Å². The molecule has 3 aromatic carbocycles. The first-order chi connectivity index (χ1) is 26.4. The minimum absolute atomic E-state index is 0.00172. The highest BCUT2D eigenvalue weighted by molar-refractivity contribution is 8.03. The first kappa shape index (κ1) is 39.0. The molecule has 3 heterocycles. The largest absolute Gasteiger partial charge is 0.462 e. The van der Waals surface area contributed by atoms with Crippen molar-refractivity contribution in [1.29, 1.82) is 0 Å². The van der Waals surface area contributed by atoms with Crippen LogP contribution in [0.3, 0.4) is 0 Å². The van der Waals surface area contributed by atoms with Crippen LogP contribution in [0.5, 0.6) is 0 Å². The number of hydrogen-bond acceptors (Lipinski definition) is 12. The highest BCUT2D eigenvalue weighted by Gasteiger charge is 2.54. The monoisotopic (exact) mass is 779 g/mol. The van der Waals surface area contributed by atoms with E-state index in [2.05, 4.69) is 52.2 Å². The Bertz CT molecular complexity index is 2030. The third-order valence-electron chi connectivity index (χ3n) is 8.69. The topological polar surface area (TPSA) is 149 Å². The predicted octanol–water partition coefficient (Wildman–Crippen LogP) is 6.01. The van der Waals surface area contributed by atoms with Crippen molar-refractivity contribution in [1.82, 2.24) is 15.2 Å². The molecule has 2 N–H and O–H groups in total. The Balaban J connectivity index is 1.26. The fourth-order valence-electron chi connectivity index (χ4n) is 6.37. The van der Waals surface area contributed by atoms with Crippen molar-refractivity contribution in [2.24, 2.45) is 5.16 Å². The van der Waals surface area contributed by atoms with Crippen LogP contribution in [-0.4, -0.2) is 76.5 Å². The van der Waals surface area contributed by atoms with E-state index in [1.165, 1.54) is 42.0 Å². The SMILES string of the molecule is CO/N=C(\C(=O)NC1C(=O)N2C(C(=O)OC(C)(C)C)=C(/C=C/COC(C)=O)SCC12)c1csc(NC(c2ccccc2)(c2ccccc2)c2ccccc2)n1. The molecule has 12 nitrogen and oxygen atoms in total. The molecule has 1 aromatic heterocycles. The minimum atomic E-state index is -0.954. The van der Waals surface area contributed by atoms with Crippen LogP contribution < -0.4 is 10.6 Å². The second-order valence-corrected chi connectivity index (χ2v) is 15.5. The summed E-state index contributed by atoms with van der Waals surface area (Å²) in [5.74, 6) is -1.91. The van der Waals surface area contributed by atoms with Gasteiger partial charge >= 0.3 is 11.9 Å². The van der Waals surface area contributed by atoms with Gasteiger partial charge in [-0.05, 0) is 49.6 Å². The summed E-state index contributed by atoms with van der Waals surface area (Å²) in [4.78, 5) is 64.1. The third-order valence-corrected chi connectivity index (χ3v) is 10.6. The van der Waals surface area contributed by atoms with Crippen LogP contribution >= 0.6 is 23.1 Å². The number of benzene rings is 3. The zero-order valence-electron chi connectivity index (χ0n) is 31.0. The molecule has 2 unspecified atom stereocenters. The molecule has 2 amide bonds. The Hall–Kier alpha value is -5.73. The number of nitrogens with one attached hydrogen (secondary N) is 2. The highest BCUT2D eigenvalue weighted by Crippen LogP contribution is 2.42. The van der Waals surface area contributed by atoms with Gasteiger partial charge in [-0.3, -0.25) is 19.3 Å². The van der Waals surface area contributed by atoms with Crippen molar-refractivity contribution < 1.29 is 33.5 Å². The molecule has 2 aliphatic rings. The van der Waals surface area contributed by atoms with Crippen LogP contribution in [0.4, 0.5) is 5.13 Å². The molecule has 2 atom stereocenters. The number of ether oxygens (including phenoxy) is 2. The Kier molecular flexibility index (Phi) is 11.9. The quantitative estimate of drug-likeness (QED) is 0.0544. The molecule has 0 aliphatic carbocycles. The van der Waals surface area contributed by atoms with Gasteiger partial charge in [-0.1, -0.05) is 96.2 Å². The summed E-state index contributed by atoms with van der Waals surface area (Å²) in [6.07, 6.45) is 3.22. The summed E-state index contributed by atoms with van der Waals surface area (Å²) < 4.78 is 10.6. The molecular formula is C41H41N5O7S2. The Labute approximate surface area is 327 Å². The lowest BCUT2D eigenvalue weighted by Crippen LogP contribution is -2.73. The number of allylic oxidation sites excluding steroid dienone is 1. The second kappa shape index (κ2) is 16.7. The lowest BCUT2D eigenvalue weighted by Gasteiger charge is -2.50. The maximum absolute atomic E-state index is 13.9. The van der Waals surface area contributed by atoms with Crippen molar-refractivity contribution in [3.05, 3.63) is 142 Å². The van der Waals surface area contributed by atoms with Crippen LogP contribution in [0.1, 0.15) is 50.1 Å². The van der Waals surface area contributed by atoms with E-state index in [1.54, 1.807) is 38.3 Å². The van der Waals surface area contributed by atoms with Crippen molar-refractivity contribution >= 4 is 57.7 Å². The fourth-order valence-corrected chi connectivity index (χ4v) is 8.32. The molecule has 0 spiro atoms. The molecule has 284 valence electrons. The maximum atomic E-state index is 13.9. The van der Waals surface area contributed by atoms with Gasteiger partial charge in [-0.2, -0.15) is 0 Å². The van der Waals surface area contributed by atoms with Crippen LogP contribution in [0.25, 0.3) is 0 Å². The third kappa shape index (κ3) is 8.50.